The van der Waals surface area contributed by atoms with Crippen LogP contribution in [0.15, 0.2) is 6.20 Å². The molecule has 1 saturated heterocycles. The molecule has 2 heterocycles. The van der Waals surface area contributed by atoms with Crippen LogP contribution >= 0.6 is 0 Å². The van der Waals surface area contributed by atoms with E-state index in [0.717, 1.165) is 0 Å². The largest absolute Gasteiger partial charge is 0.381 e. The first-order chi connectivity index (χ1) is 6.09. The highest BCUT2D eigenvalue weighted by Crippen LogP contribution is 2.29. The number of H-pyrrole nitrogens is 1. The maximum absolute atomic E-state index is 10.3. The number of aromatic nitrogens is 2. The van der Waals surface area contributed by atoms with Crippen molar-refractivity contribution in [3.8, 4) is 0 Å². The molecule has 2 rings (SSSR count). The van der Waals surface area contributed by atoms with Crippen LogP contribution in [0, 0.1) is 10.1 Å². The number of hydrogen-bond donors (Lipinski definition) is 1. The van der Waals surface area contributed by atoms with E-state index in [1.807, 2.05) is 6.92 Å². The Labute approximate surface area is 74.1 Å². The number of nitrogens with zero attached hydrogens (tertiary/aromatic N) is 2. The number of nitro groups is 1. The van der Waals surface area contributed by atoms with Gasteiger partial charge in [0, 0.05) is 0 Å². The number of imidazole rings is 1. The SMILES string of the molecule is CC1(Cc2nc([N+](=O)[O-])c[nH]2)CO1. The summed E-state index contributed by atoms with van der Waals surface area (Å²) in [5.41, 5.74) is -0.161. The predicted octanol–water partition coefficient (Wildman–Crippen LogP) is 0.649. The molecule has 0 saturated carbocycles. The van der Waals surface area contributed by atoms with E-state index in [4.69, 9.17) is 4.74 Å². The second kappa shape index (κ2) is 2.53. The molecule has 1 atom stereocenters. The summed E-state index contributed by atoms with van der Waals surface area (Å²) < 4.78 is 5.14. The van der Waals surface area contributed by atoms with E-state index in [2.05, 4.69) is 9.97 Å². The molecule has 1 N–H and O–H groups in total. The second-order valence-electron chi connectivity index (χ2n) is 3.38. The molecule has 0 amide bonds. The van der Waals surface area contributed by atoms with E-state index >= 15 is 0 Å². The van der Waals surface area contributed by atoms with Crippen molar-refractivity contribution in [2.75, 3.05) is 6.61 Å². The zero-order valence-electron chi connectivity index (χ0n) is 7.11. The molecule has 1 aliphatic rings. The molecule has 6 heteroatoms. The van der Waals surface area contributed by atoms with Gasteiger partial charge in [0.1, 0.15) is 6.20 Å². The average molecular weight is 183 g/mol. The van der Waals surface area contributed by atoms with Gasteiger partial charge >= 0.3 is 5.82 Å². The topological polar surface area (TPSA) is 84.3 Å². The molecule has 1 unspecified atom stereocenters. The summed E-state index contributed by atoms with van der Waals surface area (Å²) in [7, 11) is 0. The monoisotopic (exact) mass is 183 g/mol. The molecule has 13 heavy (non-hydrogen) atoms. The molecular weight excluding hydrogens is 174 g/mol. The van der Waals surface area contributed by atoms with Gasteiger partial charge < -0.3 is 19.8 Å². The molecule has 1 aromatic rings. The maximum Gasteiger partial charge on any atom is 0.381 e. The molecule has 0 aliphatic carbocycles. The van der Waals surface area contributed by atoms with Crippen LogP contribution in [0.25, 0.3) is 0 Å². The molecule has 6 nitrogen and oxygen atoms in total. The van der Waals surface area contributed by atoms with Crippen LogP contribution in [0.5, 0.6) is 0 Å². The number of ether oxygens (including phenoxy) is 1. The van der Waals surface area contributed by atoms with Crippen molar-refractivity contribution < 1.29 is 9.66 Å². The van der Waals surface area contributed by atoms with Crippen molar-refractivity contribution in [1.29, 1.82) is 0 Å². The van der Waals surface area contributed by atoms with E-state index in [1.54, 1.807) is 0 Å². The van der Waals surface area contributed by atoms with E-state index in [1.165, 1.54) is 6.20 Å². The lowest BCUT2D eigenvalue weighted by atomic mass is 10.1. The van der Waals surface area contributed by atoms with Crippen molar-refractivity contribution in [3.05, 3.63) is 22.1 Å². The van der Waals surface area contributed by atoms with Crippen molar-refractivity contribution in [2.45, 2.75) is 18.9 Å². The molecule has 1 aliphatic heterocycles. The van der Waals surface area contributed by atoms with Gasteiger partial charge in [-0.05, 0) is 16.8 Å². The molecule has 0 aromatic carbocycles. The fraction of sp³-hybridized carbons (Fsp3) is 0.571. The summed E-state index contributed by atoms with van der Waals surface area (Å²) in [5, 5.41) is 10.3. The van der Waals surface area contributed by atoms with Crippen LogP contribution in [0.4, 0.5) is 5.82 Å². The highest BCUT2D eigenvalue weighted by atomic mass is 16.6. The third-order valence-corrected chi connectivity index (χ3v) is 1.98. The van der Waals surface area contributed by atoms with E-state index < -0.39 is 4.92 Å². The van der Waals surface area contributed by atoms with Crippen LogP contribution in [0.3, 0.4) is 0 Å². The van der Waals surface area contributed by atoms with E-state index in [-0.39, 0.29) is 11.4 Å². The first-order valence-electron chi connectivity index (χ1n) is 3.92. The Morgan fingerprint density at radius 3 is 3.08 bits per heavy atom. The molecule has 0 radical (unpaired) electrons. The second-order valence-corrected chi connectivity index (χ2v) is 3.38. The van der Waals surface area contributed by atoms with Gasteiger partial charge in [-0.25, -0.2) is 0 Å². The number of nitrogens with one attached hydrogen (secondary N) is 1. The van der Waals surface area contributed by atoms with Crippen LogP contribution in [0.1, 0.15) is 12.7 Å². The Morgan fingerprint density at radius 1 is 1.92 bits per heavy atom. The lowest BCUT2D eigenvalue weighted by Gasteiger charge is -1.95. The minimum absolute atomic E-state index is 0.140. The molecule has 1 fully saturated rings. The Morgan fingerprint density at radius 2 is 2.62 bits per heavy atom. The lowest BCUT2D eigenvalue weighted by Crippen LogP contribution is -2.09. The van der Waals surface area contributed by atoms with Gasteiger partial charge in [0.25, 0.3) is 0 Å². The highest BCUT2D eigenvalue weighted by molar-refractivity contribution is 5.16. The van der Waals surface area contributed by atoms with Crippen molar-refractivity contribution in [2.24, 2.45) is 0 Å². The standard InChI is InChI=1S/C7H9N3O3/c1-7(4-13-7)2-5-8-3-6(9-5)10(11)12/h3H,2,4H2,1H3,(H,8,9). The maximum atomic E-state index is 10.3. The number of epoxide rings is 1. The Hall–Kier alpha value is -1.43. The van der Waals surface area contributed by atoms with Crippen LogP contribution in [-0.2, 0) is 11.2 Å². The van der Waals surface area contributed by atoms with E-state index in [0.29, 0.717) is 18.9 Å². The summed E-state index contributed by atoms with van der Waals surface area (Å²) in [6, 6.07) is 0. The van der Waals surface area contributed by atoms with Gasteiger partial charge in [-0.1, -0.05) is 0 Å². The predicted molar refractivity (Wildman–Crippen MR) is 43.3 cm³/mol. The Bertz CT molecular complexity index is 343. The zero-order chi connectivity index (χ0) is 9.47. The molecule has 0 bridgehead atoms. The Kier molecular flexibility index (Phi) is 1.59. The first-order valence-corrected chi connectivity index (χ1v) is 3.92. The van der Waals surface area contributed by atoms with Crippen LogP contribution < -0.4 is 0 Å². The summed E-state index contributed by atoms with van der Waals surface area (Å²) in [5.74, 6) is 0.464. The summed E-state index contributed by atoms with van der Waals surface area (Å²) in [6.45, 7) is 2.64. The molecule has 1 aromatic heterocycles. The van der Waals surface area contributed by atoms with Gasteiger partial charge in [-0.2, -0.15) is 0 Å². The third-order valence-electron chi connectivity index (χ3n) is 1.98. The number of hydrogen-bond acceptors (Lipinski definition) is 4. The van der Waals surface area contributed by atoms with E-state index in [9.17, 15) is 10.1 Å². The van der Waals surface area contributed by atoms with Gasteiger partial charge in [0.05, 0.1) is 18.6 Å². The molecular formula is C7H9N3O3. The van der Waals surface area contributed by atoms with Crippen molar-refractivity contribution in [3.63, 3.8) is 0 Å². The quantitative estimate of drug-likeness (QED) is 0.423. The third kappa shape index (κ3) is 1.67. The fourth-order valence-electron chi connectivity index (χ4n) is 1.11. The summed E-state index contributed by atoms with van der Waals surface area (Å²) in [4.78, 5) is 16.3. The smallest absolute Gasteiger partial charge is 0.369 e. The molecule has 0 spiro atoms. The van der Waals surface area contributed by atoms with Crippen LogP contribution in [-0.4, -0.2) is 27.1 Å². The van der Waals surface area contributed by atoms with Crippen molar-refractivity contribution in [1.82, 2.24) is 9.97 Å². The fourth-order valence-corrected chi connectivity index (χ4v) is 1.11. The normalized spacial score (nSPS) is 25.9. The zero-order valence-corrected chi connectivity index (χ0v) is 7.11. The highest BCUT2D eigenvalue weighted by Gasteiger charge is 2.41. The van der Waals surface area contributed by atoms with Crippen molar-refractivity contribution >= 4 is 5.82 Å². The molecule has 70 valence electrons. The van der Waals surface area contributed by atoms with Gasteiger partial charge in [0.2, 0.25) is 5.82 Å². The summed E-state index contributed by atoms with van der Waals surface area (Å²) >= 11 is 0. The van der Waals surface area contributed by atoms with Gasteiger partial charge in [-0.3, -0.25) is 0 Å². The minimum atomic E-state index is -0.518. The minimum Gasteiger partial charge on any atom is -0.369 e. The van der Waals surface area contributed by atoms with Gasteiger partial charge in [0.15, 0.2) is 0 Å². The number of rotatable bonds is 3. The number of aromatic amines is 1. The summed E-state index contributed by atoms with van der Waals surface area (Å²) in [6.07, 6.45) is 1.89. The van der Waals surface area contributed by atoms with Crippen LogP contribution in [0.2, 0.25) is 0 Å². The lowest BCUT2D eigenvalue weighted by molar-refractivity contribution is -0.389. The first kappa shape index (κ1) is 8.18. The Balaban J connectivity index is 2.09. The van der Waals surface area contributed by atoms with Gasteiger partial charge in [-0.15, -0.1) is 0 Å². The average Bonchev–Trinajstić information content (AvgIpc) is 2.62.